The minimum absolute atomic E-state index is 0.229. The van der Waals surface area contributed by atoms with Crippen molar-refractivity contribution in [2.24, 2.45) is 0 Å². The van der Waals surface area contributed by atoms with E-state index in [1.807, 2.05) is 0 Å². The number of aliphatic hydroxyl groups is 1. The number of amides is 1. The molecule has 0 saturated heterocycles. The molecule has 0 spiro atoms. The first-order valence-electron chi connectivity index (χ1n) is 6.58. The molecule has 0 radical (unpaired) electrons. The van der Waals surface area contributed by atoms with Crippen molar-refractivity contribution < 1.29 is 14.3 Å². The van der Waals surface area contributed by atoms with E-state index >= 15 is 0 Å². The quantitative estimate of drug-likeness (QED) is 0.883. The Labute approximate surface area is 137 Å². The highest BCUT2D eigenvalue weighted by molar-refractivity contribution is 6.35. The zero-order valence-corrected chi connectivity index (χ0v) is 13.2. The Morgan fingerprint density at radius 2 is 1.82 bits per heavy atom. The van der Waals surface area contributed by atoms with Crippen LogP contribution in [-0.4, -0.2) is 17.1 Å². The maximum Gasteiger partial charge on any atom is 0.253 e. The summed E-state index contributed by atoms with van der Waals surface area (Å²) in [5.74, 6) is -0.834. The normalized spacial score (nSPS) is 13.5. The van der Waals surface area contributed by atoms with Crippen LogP contribution < -0.4 is 5.32 Å². The van der Waals surface area contributed by atoms with Crippen LogP contribution in [0.1, 0.15) is 28.9 Å². The van der Waals surface area contributed by atoms with Crippen LogP contribution in [0.15, 0.2) is 42.5 Å². The average Bonchev–Trinajstić information content (AvgIpc) is 2.49. The Bertz CT molecular complexity index is 676. The fraction of sp³-hybridized carbons (Fsp3) is 0.188. The van der Waals surface area contributed by atoms with E-state index in [2.05, 4.69) is 5.32 Å². The Hall–Kier alpha value is -1.62. The molecule has 2 atom stereocenters. The van der Waals surface area contributed by atoms with Gasteiger partial charge in [-0.05, 0) is 42.8 Å². The molecule has 2 aromatic carbocycles. The van der Waals surface area contributed by atoms with Gasteiger partial charge in [0.25, 0.3) is 5.91 Å². The molecule has 22 heavy (non-hydrogen) atoms. The number of nitrogens with one attached hydrogen (secondary N) is 1. The van der Waals surface area contributed by atoms with Crippen LogP contribution in [0.25, 0.3) is 0 Å². The lowest BCUT2D eigenvalue weighted by atomic mass is 10.0. The summed E-state index contributed by atoms with van der Waals surface area (Å²) in [6, 6.07) is 9.41. The highest BCUT2D eigenvalue weighted by Gasteiger charge is 2.20. The summed E-state index contributed by atoms with van der Waals surface area (Å²) < 4.78 is 12.9. The largest absolute Gasteiger partial charge is 0.386 e. The third-order valence-corrected chi connectivity index (χ3v) is 3.78. The molecule has 116 valence electrons. The van der Waals surface area contributed by atoms with E-state index in [1.165, 1.54) is 36.4 Å². The van der Waals surface area contributed by atoms with Crippen molar-refractivity contribution in [1.29, 1.82) is 0 Å². The van der Waals surface area contributed by atoms with Crippen LogP contribution in [-0.2, 0) is 0 Å². The highest BCUT2D eigenvalue weighted by atomic mass is 35.5. The van der Waals surface area contributed by atoms with Gasteiger partial charge in [-0.1, -0.05) is 35.3 Å². The van der Waals surface area contributed by atoms with Crippen molar-refractivity contribution in [3.8, 4) is 0 Å². The molecule has 0 aliphatic heterocycles. The van der Waals surface area contributed by atoms with Gasteiger partial charge in [-0.25, -0.2) is 4.39 Å². The zero-order valence-electron chi connectivity index (χ0n) is 11.7. The number of carbonyl (C=O) groups excluding carboxylic acids is 1. The maximum absolute atomic E-state index is 12.9. The lowest BCUT2D eigenvalue weighted by Gasteiger charge is -2.21. The summed E-state index contributed by atoms with van der Waals surface area (Å²) >= 11 is 11.8. The van der Waals surface area contributed by atoms with Crippen molar-refractivity contribution >= 4 is 29.1 Å². The van der Waals surface area contributed by atoms with Gasteiger partial charge < -0.3 is 10.4 Å². The topological polar surface area (TPSA) is 49.3 Å². The number of halogens is 3. The van der Waals surface area contributed by atoms with Crippen LogP contribution >= 0.6 is 23.2 Å². The smallest absolute Gasteiger partial charge is 0.253 e. The Morgan fingerprint density at radius 1 is 1.18 bits per heavy atom. The second-order valence-corrected chi connectivity index (χ2v) is 5.73. The zero-order chi connectivity index (χ0) is 16.3. The number of hydrogen-bond donors (Lipinski definition) is 2. The first-order chi connectivity index (χ1) is 10.4. The van der Waals surface area contributed by atoms with Gasteiger partial charge in [-0.3, -0.25) is 4.79 Å². The van der Waals surface area contributed by atoms with E-state index in [0.29, 0.717) is 10.6 Å². The van der Waals surface area contributed by atoms with Gasteiger partial charge in [0.05, 0.1) is 22.7 Å². The second kappa shape index (κ2) is 7.09. The van der Waals surface area contributed by atoms with E-state index in [9.17, 15) is 14.3 Å². The fourth-order valence-corrected chi connectivity index (χ4v) is 2.36. The summed E-state index contributed by atoms with van der Waals surface area (Å²) in [6.07, 6.45) is -0.970. The van der Waals surface area contributed by atoms with Gasteiger partial charge in [0.15, 0.2) is 0 Å². The predicted molar refractivity (Wildman–Crippen MR) is 84.8 cm³/mol. The summed E-state index contributed by atoms with van der Waals surface area (Å²) in [4.78, 5) is 12.2. The molecule has 2 unspecified atom stereocenters. The van der Waals surface area contributed by atoms with Crippen LogP contribution in [0.2, 0.25) is 10.0 Å². The lowest BCUT2D eigenvalue weighted by molar-refractivity contribution is 0.0852. The van der Waals surface area contributed by atoms with Gasteiger partial charge in [0.1, 0.15) is 5.82 Å². The Morgan fingerprint density at radius 3 is 2.45 bits per heavy atom. The van der Waals surface area contributed by atoms with Gasteiger partial charge in [0.2, 0.25) is 0 Å². The Kier molecular flexibility index (Phi) is 5.40. The monoisotopic (exact) mass is 341 g/mol. The second-order valence-electron chi connectivity index (χ2n) is 4.88. The molecule has 1 amide bonds. The first-order valence-corrected chi connectivity index (χ1v) is 7.33. The van der Waals surface area contributed by atoms with E-state index in [4.69, 9.17) is 23.2 Å². The molecule has 0 heterocycles. The number of aliphatic hydroxyl groups excluding tert-OH is 1. The fourth-order valence-electron chi connectivity index (χ4n) is 1.98. The molecule has 3 nitrogen and oxygen atoms in total. The summed E-state index contributed by atoms with van der Waals surface area (Å²) in [7, 11) is 0. The minimum atomic E-state index is -0.970. The van der Waals surface area contributed by atoms with Crippen LogP contribution in [0, 0.1) is 5.82 Å². The van der Waals surface area contributed by atoms with Gasteiger partial charge in [0, 0.05) is 5.02 Å². The molecule has 0 saturated carbocycles. The van der Waals surface area contributed by atoms with Crippen molar-refractivity contribution in [3.63, 3.8) is 0 Å². The lowest BCUT2D eigenvalue weighted by Crippen LogP contribution is -2.37. The third kappa shape index (κ3) is 3.97. The molecule has 0 aliphatic rings. The molecule has 2 aromatic rings. The Balaban J connectivity index is 2.10. The predicted octanol–water partition coefficient (Wildman–Crippen LogP) is 3.98. The summed E-state index contributed by atoms with van der Waals surface area (Å²) in [6.45, 7) is 1.64. The van der Waals surface area contributed by atoms with Crippen LogP contribution in [0.3, 0.4) is 0 Å². The standard InChI is InChI=1S/C16H14Cl2FNO2/c1-9(15(21)10-2-5-12(19)6-3-10)20-16(22)13-8-11(17)4-7-14(13)18/h2-9,15,21H,1H3,(H,20,22). The minimum Gasteiger partial charge on any atom is -0.386 e. The number of carbonyl (C=O) groups is 1. The molecule has 2 rings (SSSR count). The van der Waals surface area contributed by atoms with Crippen LogP contribution in [0.4, 0.5) is 4.39 Å². The van der Waals surface area contributed by atoms with Crippen molar-refractivity contribution in [1.82, 2.24) is 5.32 Å². The molecular formula is C16H14Cl2FNO2. The van der Waals surface area contributed by atoms with E-state index in [1.54, 1.807) is 13.0 Å². The average molecular weight is 342 g/mol. The summed E-state index contributed by atoms with van der Waals surface area (Å²) in [5.41, 5.74) is 0.735. The molecule has 0 bridgehead atoms. The van der Waals surface area contributed by atoms with Crippen LogP contribution in [0.5, 0.6) is 0 Å². The molecule has 2 N–H and O–H groups in total. The highest BCUT2D eigenvalue weighted by Crippen LogP contribution is 2.22. The first kappa shape index (κ1) is 16.7. The van der Waals surface area contributed by atoms with E-state index < -0.39 is 23.9 Å². The van der Waals surface area contributed by atoms with Crippen molar-refractivity contribution in [2.45, 2.75) is 19.1 Å². The number of benzene rings is 2. The molecule has 0 aromatic heterocycles. The molecular weight excluding hydrogens is 328 g/mol. The SMILES string of the molecule is CC(NC(=O)c1cc(Cl)ccc1Cl)C(O)c1ccc(F)cc1. The van der Waals surface area contributed by atoms with Gasteiger partial charge >= 0.3 is 0 Å². The van der Waals surface area contributed by atoms with Gasteiger partial charge in [-0.2, -0.15) is 0 Å². The van der Waals surface area contributed by atoms with Crippen molar-refractivity contribution in [3.05, 3.63) is 69.5 Å². The number of rotatable bonds is 4. The van der Waals surface area contributed by atoms with E-state index in [0.717, 1.165) is 0 Å². The van der Waals surface area contributed by atoms with Crippen molar-refractivity contribution in [2.75, 3.05) is 0 Å². The number of hydrogen-bond acceptors (Lipinski definition) is 2. The molecule has 0 fully saturated rings. The van der Waals surface area contributed by atoms with E-state index in [-0.39, 0.29) is 10.6 Å². The maximum atomic E-state index is 12.9. The third-order valence-electron chi connectivity index (χ3n) is 3.22. The summed E-state index contributed by atoms with van der Waals surface area (Å²) in [5, 5.41) is 13.5. The molecule has 6 heteroatoms. The van der Waals surface area contributed by atoms with Gasteiger partial charge in [-0.15, -0.1) is 0 Å². The molecule has 0 aliphatic carbocycles.